The highest BCUT2D eigenvalue weighted by molar-refractivity contribution is 5.82. The van der Waals surface area contributed by atoms with E-state index < -0.39 is 0 Å². The fourth-order valence-corrected chi connectivity index (χ4v) is 3.83. The van der Waals surface area contributed by atoms with Gasteiger partial charge in [0, 0.05) is 56.1 Å². The molecule has 2 atom stereocenters. The van der Waals surface area contributed by atoms with Gasteiger partial charge in [-0.05, 0) is 37.5 Å². The lowest BCUT2D eigenvalue weighted by Crippen LogP contribution is -2.42. The number of aryl methyl sites for hydroxylation is 2. The van der Waals surface area contributed by atoms with Gasteiger partial charge in [0.15, 0.2) is 0 Å². The van der Waals surface area contributed by atoms with Crippen molar-refractivity contribution < 1.29 is 9.59 Å². The van der Waals surface area contributed by atoms with Crippen molar-refractivity contribution in [3.63, 3.8) is 0 Å². The Labute approximate surface area is 163 Å². The van der Waals surface area contributed by atoms with E-state index in [-0.39, 0.29) is 41.8 Å². The van der Waals surface area contributed by atoms with Crippen LogP contribution in [0.5, 0.6) is 0 Å². The summed E-state index contributed by atoms with van der Waals surface area (Å²) in [6.07, 6.45) is 5.25. The molecule has 2 aromatic rings. The van der Waals surface area contributed by atoms with Gasteiger partial charge < -0.3 is 14.8 Å². The molecule has 0 spiro atoms. The Hall–Kier alpha value is -2.90. The standard InChI is InChI=1S/C20H25N5O3/c1-13-6-8-24(18(26)9-13)12-19(27)25-10-15(17-5-7-21-23(17)2)16(11-25)22-20(28)14-3-4-14/h5-9,14-16H,3-4,10-12H2,1-2H3,(H,22,28)/t15-,16-/m1/s1. The van der Waals surface area contributed by atoms with Crippen molar-refractivity contribution in [3.05, 3.63) is 52.2 Å². The average Bonchev–Trinajstić information content (AvgIpc) is 3.30. The van der Waals surface area contributed by atoms with Gasteiger partial charge >= 0.3 is 0 Å². The molecule has 2 amide bonds. The molecule has 28 heavy (non-hydrogen) atoms. The molecular formula is C20H25N5O3. The molecule has 8 heteroatoms. The zero-order chi connectivity index (χ0) is 19.8. The first-order chi connectivity index (χ1) is 13.4. The lowest BCUT2D eigenvalue weighted by molar-refractivity contribution is -0.131. The van der Waals surface area contributed by atoms with Crippen LogP contribution in [0.25, 0.3) is 0 Å². The van der Waals surface area contributed by atoms with E-state index >= 15 is 0 Å². The lowest BCUT2D eigenvalue weighted by atomic mass is 9.99. The van der Waals surface area contributed by atoms with E-state index in [0.717, 1.165) is 24.1 Å². The van der Waals surface area contributed by atoms with Crippen molar-refractivity contribution in [2.75, 3.05) is 13.1 Å². The predicted octanol–water partition coefficient (Wildman–Crippen LogP) is 0.411. The highest BCUT2D eigenvalue weighted by Gasteiger charge is 2.40. The van der Waals surface area contributed by atoms with Crippen LogP contribution >= 0.6 is 0 Å². The van der Waals surface area contributed by atoms with Crippen molar-refractivity contribution in [2.45, 2.75) is 38.3 Å². The van der Waals surface area contributed by atoms with Crippen LogP contribution in [0.1, 0.15) is 30.0 Å². The Balaban J connectivity index is 1.51. The molecule has 2 aromatic heterocycles. The van der Waals surface area contributed by atoms with Gasteiger partial charge in [0.05, 0.1) is 6.04 Å². The smallest absolute Gasteiger partial charge is 0.251 e. The third-order valence-corrected chi connectivity index (χ3v) is 5.64. The normalized spacial score (nSPS) is 21.7. The summed E-state index contributed by atoms with van der Waals surface area (Å²) < 4.78 is 3.21. The molecule has 1 N–H and O–H groups in total. The molecule has 1 saturated heterocycles. The van der Waals surface area contributed by atoms with Crippen molar-refractivity contribution in [2.24, 2.45) is 13.0 Å². The molecule has 148 valence electrons. The number of nitrogens with zero attached hydrogens (tertiary/aromatic N) is 4. The summed E-state index contributed by atoms with van der Waals surface area (Å²) in [5.74, 6) is 0.0412. The van der Waals surface area contributed by atoms with Gasteiger partial charge in [-0.25, -0.2) is 0 Å². The Morgan fingerprint density at radius 1 is 1.25 bits per heavy atom. The number of nitrogens with one attached hydrogen (secondary N) is 1. The van der Waals surface area contributed by atoms with E-state index in [0.29, 0.717) is 13.1 Å². The van der Waals surface area contributed by atoms with Gasteiger partial charge in [-0.1, -0.05) is 0 Å². The van der Waals surface area contributed by atoms with Crippen molar-refractivity contribution in [3.8, 4) is 0 Å². The molecule has 1 aliphatic carbocycles. The van der Waals surface area contributed by atoms with Gasteiger partial charge in [-0.3, -0.25) is 19.1 Å². The zero-order valence-corrected chi connectivity index (χ0v) is 16.2. The van der Waals surface area contributed by atoms with Crippen molar-refractivity contribution in [1.29, 1.82) is 0 Å². The molecule has 0 radical (unpaired) electrons. The summed E-state index contributed by atoms with van der Waals surface area (Å²) in [4.78, 5) is 39.0. The highest BCUT2D eigenvalue weighted by atomic mass is 16.2. The van der Waals surface area contributed by atoms with Crippen LogP contribution in [-0.4, -0.2) is 50.2 Å². The third kappa shape index (κ3) is 3.72. The van der Waals surface area contributed by atoms with E-state index in [4.69, 9.17) is 0 Å². The molecule has 3 heterocycles. The Kier molecular flexibility index (Phi) is 4.78. The minimum absolute atomic E-state index is 0.000508. The SMILES string of the molecule is Cc1ccn(CC(=O)N2C[C@@H](NC(=O)C3CC3)[C@H](c3ccnn3C)C2)c(=O)c1. The van der Waals surface area contributed by atoms with Gasteiger partial charge in [0.25, 0.3) is 5.56 Å². The van der Waals surface area contributed by atoms with E-state index in [2.05, 4.69) is 10.4 Å². The number of carbonyl (C=O) groups excluding carboxylic acids is 2. The van der Waals surface area contributed by atoms with E-state index in [1.54, 1.807) is 22.0 Å². The fraction of sp³-hybridized carbons (Fsp3) is 0.500. The monoisotopic (exact) mass is 383 g/mol. The fourth-order valence-electron chi connectivity index (χ4n) is 3.83. The first kappa shape index (κ1) is 18.5. The minimum Gasteiger partial charge on any atom is -0.351 e. The van der Waals surface area contributed by atoms with Crippen LogP contribution in [0.15, 0.2) is 35.4 Å². The van der Waals surface area contributed by atoms with Crippen LogP contribution in [-0.2, 0) is 23.2 Å². The van der Waals surface area contributed by atoms with Gasteiger partial charge in [-0.15, -0.1) is 0 Å². The maximum atomic E-state index is 12.9. The first-order valence-corrected chi connectivity index (χ1v) is 9.65. The number of rotatable bonds is 5. The summed E-state index contributed by atoms with van der Waals surface area (Å²) in [6.45, 7) is 2.78. The van der Waals surface area contributed by atoms with E-state index in [9.17, 15) is 14.4 Å². The summed E-state index contributed by atoms with van der Waals surface area (Å²) in [7, 11) is 1.87. The summed E-state index contributed by atoms with van der Waals surface area (Å²) in [6, 6.07) is 5.12. The van der Waals surface area contributed by atoms with Crippen LogP contribution in [0.2, 0.25) is 0 Å². The quantitative estimate of drug-likeness (QED) is 0.810. The summed E-state index contributed by atoms with van der Waals surface area (Å²) in [5.41, 5.74) is 1.67. The average molecular weight is 383 g/mol. The van der Waals surface area contributed by atoms with Crippen LogP contribution in [0, 0.1) is 12.8 Å². The second-order valence-corrected chi connectivity index (χ2v) is 7.84. The van der Waals surface area contributed by atoms with Crippen LogP contribution in [0.3, 0.4) is 0 Å². The lowest BCUT2D eigenvalue weighted by Gasteiger charge is -2.19. The largest absolute Gasteiger partial charge is 0.351 e. The molecule has 0 aromatic carbocycles. The first-order valence-electron chi connectivity index (χ1n) is 9.65. The molecule has 2 aliphatic rings. The third-order valence-electron chi connectivity index (χ3n) is 5.64. The molecular weight excluding hydrogens is 358 g/mol. The molecule has 8 nitrogen and oxygen atoms in total. The van der Waals surface area contributed by atoms with Gasteiger partial charge in [0.2, 0.25) is 11.8 Å². The maximum absolute atomic E-state index is 12.9. The molecule has 0 bridgehead atoms. The number of carbonyl (C=O) groups is 2. The Morgan fingerprint density at radius 3 is 2.68 bits per heavy atom. The molecule has 1 saturated carbocycles. The van der Waals surface area contributed by atoms with E-state index in [1.807, 2.05) is 26.1 Å². The minimum atomic E-state index is -0.186. The van der Waals surface area contributed by atoms with E-state index in [1.165, 1.54) is 10.6 Å². The van der Waals surface area contributed by atoms with Gasteiger partial charge in [-0.2, -0.15) is 5.10 Å². The molecule has 1 aliphatic heterocycles. The molecule has 4 rings (SSSR count). The van der Waals surface area contributed by atoms with Crippen molar-refractivity contribution in [1.82, 2.24) is 24.6 Å². The Bertz CT molecular complexity index is 959. The highest BCUT2D eigenvalue weighted by Crippen LogP contribution is 2.32. The number of amides is 2. The number of aromatic nitrogens is 3. The second-order valence-electron chi connectivity index (χ2n) is 7.84. The topological polar surface area (TPSA) is 89.2 Å². The summed E-state index contributed by atoms with van der Waals surface area (Å²) in [5, 5.41) is 7.37. The van der Waals surface area contributed by atoms with Gasteiger partial charge in [0.1, 0.15) is 6.54 Å². The molecule has 0 unspecified atom stereocenters. The number of hydrogen-bond donors (Lipinski definition) is 1. The number of likely N-dealkylation sites (tertiary alicyclic amines) is 1. The Morgan fingerprint density at radius 2 is 2.04 bits per heavy atom. The summed E-state index contributed by atoms with van der Waals surface area (Å²) >= 11 is 0. The predicted molar refractivity (Wildman–Crippen MR) is 103 cm³/mol. The number of hydrogen-bond acceptors (Lipinski definition) is 4. The zero-order valence-electron chi connectivity index (χ0n) is 16.2. The number of pyridine rings is 1. The second kappa shape index (κ2) is 7.26. The van der Waals surface area contributed by atoms with Crippen molar-refractivity contribution >= 4 is 11.8 Å². The maximum Gasteiger partial charge on any atom is 0.251 e. The van der Waals surface area contributed by atoms with Crippen LogP contribution < -0.4 is 10.9 Å². The molecule has 2 fully saturated rings. The van der Waals surface area contributed by atoms with Crippen LogP contribution in [0.4, 0.5) is 0 Å².